The molecule has 1 aliphatic carbocycles. The lowest BCUT2D eigenvalue weighted by Crippen LogP contribution is -2.38. The van der Waals surface area contributed by atoms with Gasteiger partial charge < -0.3 is 14.6 Å². The maximum absolute atomic E-state index is 13.4. The molecule has 1 fully saturated rings. The lowest BCUT2D eigenvalue weighted by molar-refractivity contribution is -0.121. The number of piperidine rings is 1. The zero-order valence-corrected chi connectivity index (χ0v) is 18.9. The zero-order chi connectivity index (χ0) is 22.4. The average molecular weight is 448 g/mol. The number of oxazole rings is 1. The second-order valence-corrected chi connectivity index (χ2v) is 9.97. The molecule has 6 heteroatoms. The van der Waals surface area contributed by atoms with Crippen molar-refractivity contribution in [2.24, 2.45) is 0 Å². The van der Waals surface area contributed by atoms with E-state index in [9.17, 15) is 9.18 Å². The van der Waals surface area contributed by atoms with E-state index in [-0.39, 0.29) is 17.1 Å². The Balaban J connectivity index is 1.02. The van der Waals surface area contributed by atoms with Gasteiger partial charge in [-0.3, -0.25) is 4.79 Å². The number of carbonyl (C=O) groups excluding carboxylic acids is 1. The number of amides is 1. The molecule has 0 saturated carbocycles. The number of hydrogen-bond donors (Lipinski definition) is 1. The van der Waals surface area contributed by atoms with Gasteiger partial charge in [0.1, 0.15) is 11.3 Å². The number of unbranched alkanes of at least 4 members (excludes halogenated alkanes) is 1. The largest absolute Gasteiger partial charge is 0.440 e. The first-order chi connectivity index (χ1) is 16.1. The molecule has 0 bridgehead atoms. The molecule has 172 valence electrons. The first kappa shape index (κ1) is 20.8. The van der Waals surface area contributed by atoms with Crippen LogP contribution in [-0.2, 0) is 16.6 Å². The van der Waals surface area contributed by atoms with Gasteiger partial charge in [-0.15, -0.1) is 0 Å². The van der Waals surface area contributed by atoms with E-state index in [1.165, 1.54) is 23.3 Å². The van der Waals surface area contributed by atoms with E-state index in [0.717, 1.165) is 88.1 Å². The topological polar surface area (TPSA) is 58.4 Å². The molecule has 1 N–H and O–H groups in total. The van der Waals surface area contributed by atoms with Crippen molar-refractivity contribution in [2.75, 3.05) is 25.0 Å². The van der Waals surface area contributed by atoms with Crippen LogP contribution in [-0.4, -0.2) is 35.4 Å². The quantitative estimate of drug-likeness (QED) is 0.504. The Morgan fingerprint density at radius 1 is 1.18 bits per heavy atom. The van der Waals surface area contributed by atoms with Crippen molar-refractivity contribution in [2.45, 2.75) is 62.7 Å². The van der Waals surface area contributed by atoms with Gasteiger partial charge in [0.2, 0.25) is 5.91 Å². The number of nitrogens with zero attached hydrogens (tertiary/aromatic N) is 2. The van der Waals surface area contributed by atoms with Crippen molar-refractivity contribution in [1.82, 2.24) is 9.88 Å². The first-order valence-electron chi connectivity index (χ1n) is 12.3. The number of halogens is 1. The third-order valence-electron chi connectivity index (χ3n) is 7.99. The molecule has 0 radical (unpaired) electrons. The van der Waals surface area contributed by atoms with E-state index in [4.69, 9.17) is 4.42 Å². The first-order valence-corrected chi connectivity index (χ1v) is 12.3. The summed E-state index contributed by atoms with van der Waals surface area (Å²) in [6.45, 7) is 3.12. The highest BCUT2D eigenvalue weighted by Crippen LogP contribution is 2.49. The summed E-state index contributed by atoms with van der Waals surface area (Å²) in [5, 5.41) is 3.16. The van der Waals surface area contributed by atoms with E-state index in [2.05, 4.69) is 33.4 Å². The SMILES string of the molecule is O=C1Nc2cccc3c2C1(CCCCN1CCC(c2nc4ccc(F)cc4o2)CC1)CCC3. The smallest absolute Gasteiger partial charge is 0.235 e. The molecule has 2 aliphatic heterocycles. The second-order valence-electron chi connectivity index (χ2n) is 9.97. The van der Waals surface area contributed by atoms with Gasteiger partial charge >= 0.3 is 0 Å². The standard InChI is InChI=1S/C27H30FN3O2/c28-20-8-9-21-23(17-20)33-25(29-21)19-10-15-31(16-11-19)14-2-1-12-27-13-4-6-18-5-3-7-22(24(18)27)30-26(27)32/h3,5,7-9,17,19H,1-2,4,6,10-16H2,(H,30,32). The molecule has 3 aliphatic rings. The lowest BCUT2D eigenvalue weighted by Gasteiger charge is -2.34. The Labute approximate surface area is 193 Å². The fraction of sp³-hybridized carbons (Fsp3) is 0.481. The predicted octanol–water partition coefficient (Wildman–Crippen LogP) is 5.54. The summed E-state index contributed by atoms with van der Waals surface area (Å²) in [7, 11) is 0. The molecule has 6 rings (SSSR count). The molecule has 1 atom stereocenters. The summed E-state index contributed by atoms with van der Waals surface area (Å²) in [6.07, 6.45) is 8.30. The van der Waals surface area contributed by atoms with E-state index in [1.807, 2.05) is 0 Å². The van der Waals surface area contributed by atoms with E-state index >= 15 is 0 Å². The number of nitrogens with one attached hydrogen (secondary N) is 1. The number of hydrogen-bond acceptors (Lipinski definition) is 4. The molecular weight excluding hydrogens is 417 g/mol. The maximum atomic E-state index is 13.4. The Bertz CT molecular complexity index is 1200. The van der Waals surface area contributed by atoms with Gasteiger partial charge in [-0.1, -0.05) is 18.6 Å². The van der Waals surface area contributed by atoms with Gasteiger partial charge in [0.05, 0.1) is 5.41 Å². The molecule has 1 saturated heterocycles. The number of carbonyl (C=O) groups is 1. The highest BCUT2D eigenvalue weighted by Gasteiger charge is 2.48. The van der Waals surface area contributed by atoms with Gasteiger partial charge in [-0.25, -0.2) is 9.37 Å². The van der Waals surface area contributed by atoms with Gasteiger partial charge in [0.25, 0.3) is 0 Å². The Morgan fingerprint density at radius 3 is 2.94 bits per heavy atom. The minimum absolute atomic E-state index is 0.212. The summed E-state index contributed by atoms with van der Waals surface area (Å²) in [5.74, 6) is 0.967. The van der Waals surface area contributed by atoms with Crippen LogP contribution >= 0.6 is 0 Å². The molecule has 2 aromatic carbocycles. The van der Waals surface area contributed by atoms with E-state index in [0.29, 0.717) is 11.5 Å². The molecular formula is C27H30FN3O2. The van der Waals surface area contributed by atoms with Crippen molar-refractivity contribution >= 4 is 22.7 Å². The zero-order valence-electron chi connectivity index (χ0n) is 18.9. The van der Waals surface area contributed by atoms with Gasteiger partial charge in [-0.05, 0) is 93.9 Å². The number of likely N-dealkylation sites (tertiary alicyclic amines) is 1. The lowest BCUT2D eigenvalue weighted by atomic mass is 9.68. The highest BCUT2D eigenvalue weighted by atomic mass is 19.1. The number of aryl methyl sites for hydroxylation is 1. The van der Waals surface area contributed by atoms with Crippen LogP contribution in [0.2, 0.25) is 0 Å². The van der Waals surface area contributed by atoms with Gasteiger partial charge in [-0.2, -0.15) is 0 Å². The molecule has 5 nitrogen and oxygen atoms in total. The van der Waals surface area contributed by atoms with Crippen molar-refractivity contribution in [3.05, 3.63) is 59.2 Å². The molecule has 1 aromatic heterocycles. The molecule has 33 heavy (non-hydrogen) atoms. The van der Waals surface area contributed by atoms with Crippen LogP contribution in [0, 0.1) is 5.82 Å². The monoisotopic (exact) mass is 447 g/mol. The summed E-state index contributed by atoms with van der Waals surface area (Å²) in [4.78, 5) is 20.1. The molecule has 0 spiro atoms. The third kappa shape index (κ3) is 3.65. The van der Waals surface area contributed by atoms with Crippen molar-refractivity contribution in [1.29, 1.82) is 0 Å². The van der Waals surface area contributed by atoms with Crippen molar-refractivity contribution in [3.8, 4) is 0 Å². The minimum atomic E-state index is -0.302. The second kappa shape index (κ2) is 8.24. The fourth-order valence-electron chi connectivity index (χ4n) is 6.27. The normalized spacial score (nSPS) is 23.1. The third-order valence-corrected chi connectivity index (χ3v) is 7.99. The van der Waals surface area contributed by atoms with Crippen molar-refractivity contribution in [3.63, 3.8) is 0 Å². The van der Waals surface area contributed by atoms with E-state index < -0.39 is 0 Å². The van der Waals surface area contributed by atoms with Crippen LogP contribution in [0.4, 0.5) is 10.1 Å². The van der Waals surface area contributed by atoms with Crippen LogP contribution in [0.5, 0.6) is 0 Å². The highest BCUT2D eigenvalue weighted by molar-refractivity contribution is 6.07. The number of fused-ring (bicyclic) bond motifs is 1. The summed E-state index contributed by atoms with van der Waals surface area (Å²) in [5.41, 5.74) is 4.67. The van der Waals surface area contributed by atoms with Crippen LogP contribution < -0.4 is 5.32 Å². The number of anilines is 1. The van der Waals surface area contributed by atoms with Crippen LogP contribution in [0.25, 0.3) is 11.1 Å². The summed E-state index contributed by atoms with van der Waals surface area (Å²) >= 11 is 0. The number of benzene rings is 2. The van der Waals surface area contributed by atoms with Gasteiger partial charge in [0.15, 0.2) is 11.5 Å². The summed E-state index contributed by atoms with van der Waals surface area (Å²) in [6, 6.07) is 10.9. The van der Waals surface area contributed by atoms with Crippen molar-refractivity contribution < 1.29 is 13.6 Å². The Hall–Kier alpha value is -2.73. The summed E-state index contributed by atoms with van der Waals surface area (Å²) < 4.78 is 19.3. The van der Waals surface area contributed by atoms with E-state index in [1.54, 1.807) is 6.07 Å². The fourth-order valence-corrected chi connectivity index (χ4v) is 6.27. The molecule has 1 amide bonds. The number of rotatable bonds is 6. The number of aromatic nitrogens is 1. The molecule has 3 heterocycles. The molecule has 3 aromatic rings. The van der Waals surface area contributed by atoms with Gasteiger partial charge in [0, 0.05) is 17.7 Å². The Morgan fingerprint density at radius 2 is 2.06 bits per heavy atom. The van der Waals surface area contributed by atoms with Crippen LogP contribution in [0.1, 0.15) is 67.9 Å². The average Bonchev–Trinajstić information content (AvgIpc) is 3.37. The molecule has 1 unspecified atom stereocenters. The van der Waals surface area contributed by atoms with Crippen LogP contribution in [0.3, 0.4) is 0 Å². The van der Waals surface area contributed by atoms with Crippen LogP contribution in [0.15, 0.2) is 40.8 Å². The maximum Gasteiger partial charge on any atom is 0.235 e. The Kier molecular flexibility index (Phi) is 5.21. The predicted molar refractivity (Wildman–Crippen MR) is 126 cm³/mol. The minimum Gasteiger partial charge on any atom is -0.440 e.